The Labute approximate surface area is 122 Å². The van der Waals surface area contributed by atoms with Crippen LogP contribution in [0.25, 0.3) is 16.7 Å². The minimum Gasteiger partial charge on any atom is -0.494 e. The summed E-state index contributed by atoms with van der Waals surface area (Å²) >= 11 is 5.12. The maximum atomic E-state index is 13.9. The largest absolute Gasteiger partial charge is 0.494 e. The quantitative estimate of drug-likeness (QED) is 0.722. The molecule has 3 aromatic rings. The lowest BCUT2D eigenvalue weighted by molar-refractivity contribution is 0.387. The molecule has 108 valence electrons. The molecular weight excluding hydrogens is 301 g/mol. The van der Waals surface area contributed by atoms with E-state index >= 15 is 0 Å². The number of aromatic nitrogens is 2. The molecule has 0 atom stereocenters. The van der Waals surface area contributed by atoms with Crippen molar-refractivity contribution in [3.8, 4) is 11.4 Å². The van der Waals surface area contributed by atoms with E-state index in [1.54, 1.807) is 0 Å². The van der Waals surface area contributed by atoms with Gasteiger partial charge in [-0.2, -0.15) is 0 Å². The molecule has 0 amide bonds. The Kier molecular flexibility index (Phi) is 3.21. The average molecular weight is 310 g/mol. The molecule has 1 aromatic heterocycles. The number of hydrogen-bond acceptors (Lipinski definition) is 2. The smallest absolute Gasteiger partial charge is 0.182 e. The van der Waals surface area contributed by atoms with Gasteiger partial charge < -0.3 is 9.72 Å². The van der Waals surface area contributed by atoms with Crippen molar-refractivity contribution < 1.29 is 17.9 Å². The fourth-order valence-electron chi connectivity index (χ4n) is 2.16. The van der Waals surface area contributed by atoms with Gasteiger partial charge in [0.2, 0.25) is 0 Å². The van der Waals surface area contributed by atoms with Gasteiger partial charge in [0.25, 0.3) is 0 Å². The maximum absolute atomic E-state index is 13.9. The summed E-state index contributed by atoms with van der Waals surface area (Å²) in [7, 11) is 1.32. The molecule has 0 radical (unpaired) electrons. The van der Waals surface area contributed by atoms with Gasteiger partial charge in [-0.3, -0.25) is 4.57 Å². The molecule has 7 heteroatoms. The van der Waals surface area contributed by atoms with Crippen molar-refractivity contribution in [2.45, 2.75) is 0 Å². The Bertz CT molecular complexity index is 901. The van der Waals surface area contributed by atoms with Crippen molar-refractivity contribution in [2.75, 3.05) is 7.11 Å². The molecule has 0 fully saturated rings. The molecule has 3 rings (SSSR count). The fraction of sp³-hybridized carbons (Fsp3) is 0.0714. The van der Waals surface area contributed by atoms with E-state index in [1.807, 2.05) is 0 Å². The number of rotatable bonds is 2. The standard InChI is InChI=1S/C14H9F3N2OS/c1-20-13-6-12-10(5-9(13)17)18-14(21)19(12)11-4-7(15)2-3-8(11)16/h2-6H,1H3,(H,18,21). The highest BCUT2D eigenvalue weighted by Gasteiger charge is 2.15. The Hall–Kier alpha value is -2.28. The Morgan fingerprint density at radius 2 is 1.86 bits per heavy atom. The monoisotopic (exact) mass is 310 g/mol. The SMILES string of the molecule is COc1cc2c(cc1F)[nH]c(=S)n2-c1cc(F)ccc1F. The molecule has 0 spiro atoms. The molecule has 0 aliphatic heterocycles. The number of H-pyrrole nitrogens is 1. The van der Waals surface area contributed by atoms with Gasteiger partial charge in [0.15, 0.2) is 16.3 Å². The number of methoxy groups -OCH3 is 1. The number of imidazole rings is 1. The van der Waals surface area contributed by atoms with Crippen molar-refractivity contribution in [3.63, 3.8) is 0 Å². The molecule has 0 unspecified atom stereocenters. The summed E-state index contributed by atoms with van der Waals surface area (Å²) in [5, 5.41) is 0. The summed E-state index contributed by atoms with van der Waals surface area (Å²) in [6.45, 7) is 0. The number of nitrogens with zero attached hydrogens (tertiary/aromatic N) is 1. The fourth-order valence-corrected chi connectivity index (χ4v) is 2.47. The van der Waals surface area contributed by atoms with Gasteiger partial charge in [-0.25, -0.2) is 13.2 Å². The predicted octanol–water partition coefficient (Wildman–Crippen LogP) is 4.11. The van der Waals surface area contributed by atoms with Gasteiger partial charge >= 0.3 is 0 Å². The van der Waals surface area contributed by atoms with Crippen LogP contribution in [0.15, 0.2) is 30.3 Å². The van der Waals surface area contributed by atoms with E-state index in [0.717, 1.165) is 18.2 Å². The number of fused-ring (bicyclic) bond motifs is 1. The third-order valence-corrected chi connectivity index (χ3v) is 3.39. The van der Waals surface area contributed by atoms with Crippen LogP contribution in [0.1, 0.15) is 0 Å². The molecule has 1 heterocycles. The number of halogens is 3. The first-order chi connectivity index (χ1) is 10.0. The molecule has 0 saturated heterocycles. The molecule has 1 N–H and O–H groups in total. The van der Waals surface area contributed by atoms with E-state index < -0.39 is 17.5 Å². The lowest BCUT2D eigenvalue weighted by Crippen LogP contribution is -1.99. The summed E-state index contributed by atoms with van der Waals surface area (Å²) < 4.78 is 47.3. The maximum Gasteiger partial charge on any atom is 0.182 e. The van der Waals surface area contributed by atoms with E-state index in [0.29, 0.717) is 11.0 Å². The highest BCUT2D eigenvalue weighted by Crippen LogP contribution is 2.28. The lowest BCUT2D eigenvalue weighted by Gasteiger charge is -2.07. The third kappa shape index (κ3) is 2.19. The first kappa shape index (κ1) is 13.7. The van der Waals surface area contributed by atoms with Crippen LogP contribution in [0.2, 0.25) is 0 Å². The van der Waals surface area contributed by atoms with E-state index in [2.05, 4.69) is 4.98 Å². The summed E-state index contributed by atoms with van der Waals surface area (Å²) in [4.78, 5) is 2.76. The van der Waals surface area contributed by atoms with Gasteiger partial charge in [-0.15, -0.1) is 0 Å². The van der Waals surface area contributed by atoms with Crippen molar-refractivity contribution in [1.82, 2.24) is 9.55 Å². The second kappa shape index (κ2) is 4.92. The molecule has 2 aromatic carbocycles. The molecule has 0 bridgehead atoms. The summed E-state index contributed by atoms with van der Waals surface area (Å²) in [6.07, 6.45) is 0. The zero-order chi connectivity index (χ0) is 15.1. The van der Waals surface area contributed by atoms with E-state index in [4.69, 9.17) is 17.0 Å². The predicted molar refractivity (Wildman–Crippen MR) is 74.9 cm³/mol. The average Bonchev–Trinajstić information content (AvgIpc) is 2.75. The Morgan fingerprint density at radius 3 is 2.57 bits per heavy atom. The zero-order valence-corrected chi connectivity index (χ0v) is 11.6. The minimum atomic E-state index is -0.642. The summed E-state index contributed by atoms with van der Waals surface area (Å²) in [5.41, 5.74) is 0.699. The van der Waals surface area contributed by atoms with Gasteiger partial charge in [-0.1, -0.05) is 0 Å². The van der Waals surface area contributed by atoms with Crippen LogP contribution >= 0.6 is 12.2 Å². The first-order valence-corrected chi connectivity index (χ1v) is 6.36. The van der Waals surface area contributed by atoms with Crippen LogP contribution in [-0.4, -0.2) is 16.7 Å². The normalized spacial score (nSPS) is 11.0. The van der Waals surface area contributed by atoms with E-state index in [-0.39, 0.29) is 16.2 Å². The molecular formula is C14H9F3N2OS. The van der Waals surface area contributed by atoms with Crippen molar-refractivity contribution >= 4 is 23.3 Å². The van der Waals surface area contributed by atoms with Crippen LogP contribution < -0.4 is 4.74 Å². The lowest BCUT2D eigenvalue weighted by atomic mass is 10.2. The topological polar surface area (TPSA) is 29.9 Å². The number of benzene rings is 2. The van der Waals surface area contributed by atoms with Crippen LogP contribution in [0.3, 0.4) is 0 Å². The Balaban J connectivity index is 2.39. The number of aromatic amines is 1. The molecule has 3 nitrogen and oxygen atoms in total. The van der Waals surface area contributed by atoms with E-state index in [9.17, 15) is 13.2 Å². The molecule has 0 saturated carbocycles. The Morgan fingerprint density at radius 1 is 1.10 bits per heavy atom. The van der Waals surface area contributed by atoms with Crippen molar-refractivity contribution in [1.29, 1.82) is 0 Å². The van der Waals surface area contributed by atoms with Crippen LogP contribution in [-0.2, 0) is 0 Å². The van der Waals surface area contributed by atoms with Gasteiger partial charge in [0.1, 0.15) is 11.6 Å². The highest BCUT2D eigenvalue weighted by atomic mass is 32.1. The second-order valence-electron chi connectivity index (χ2n) is 4.37. The number of ether oxygens (including phenoxy) is 1. The molecule has 0 aliphatic rings. The zero-order valence-electron chi connectivity index (χ0n) is 10.8. The van der Waals surface area contributed by atoms with E-state index in [1.165, 1.54) is 23.8 Å². The van der Waals surface area contributed by atoms with Crippen molar-refractivity contribution in [3.05, 3.63) is 52.6 Å². The van der Waals surface area contributed by atoms with Crippen LogP contribution in [0, 0.1) is 22.2 Å². The molecule has 21 heavy (non-hydrogen) atoms. The van der Waals surface area contributed by atoms with Gasteiger partial charge in [0, 0.05) is 18.2 Å². The van der Waals surface area contributed by atoms with Gasteiger partial charge in [-0.05, 0) is 24.4 Å². The van der Waals surface area contributed by atoms with Crippen LogP contribution in [0.4, 0.5) is 13.2 Å². The summed E-state index contributed by atoms with van der Waals surface area (Å²) in [5.74, 6) is -1.83. The minimum absolute atomic E-state index is 0.0120. The second-order valence-corrected chi connectivity index (χ2v) is 4.75. The van der Waals surface area contributed by atoms with Crippen molar-refractivity contribution in [2.24, 2.45) is 0 Å². The third-order valence-electron chi connectivity index (χ3n) is 3.10. The van der Waals surface area contributed by atoms with Gasteiger partial charge in [0.05, 0.1) is 23.8 Å². The molecule has 0 aliphatic carbocycles. The first-order valence-electron chi connectivity index (χ1n) is 5.95. The highest BCUT2D eigenvalue weighted by molar-refractivity contribution is 7.71. The summed E-state index contributed by atoms with van der Waals surface area (Å²) in [6, 6.07) is 5.61. The van der Waals surface area contributed by atoms with Crippen LogP contribution in [0.5, 0.6) is 5.75 Å². The number of nitrogens with one attached hydrogen (secondary N) is 1. The number of hydrogen-bond donors (Lipinski definition) is 1.